The Labute approximate surface area is 103 Å². The second-order valence-electron chi connectivity index (χ2n) is 4.29. The lowest BCUT2D eigenvalue weighted by Crippen LogP contribution is -2.18. The van der Waals surface area contributed by atoms with Crippen LogP contribution in [0, 0.1) is 23.2 Å². The smallest absolute Gasteiger partial charge is 0.142 e. The second kappa shape index (κ2) is 6.80. The molecule has 0 aliphatic carbocycles. The van der Waals surface area contributed by atoms with Crippen LogP contribution in [0.4, 0.5) is 5.69 Å². The van der Waals surface area contributed by atoms with Crippen LogP contribution in [0.15, 0.2) is 24.3 Å². The van der Waals surface area contributed by atoms with Crippen LogP contribution in [0.2, 0.25) is 0 Å². The van der Waals surface area contributed by atoms with E-state index in [1.54, 1.807) is 0 Å². The zero-order chi connectivity index (χ0) is 12.7. The molecule has 0 aliphatic heterocycles. The van der Waals surface area contributed by atoms with Crippen LogP contribution < -0.4 is 10.1 Å². The summed E-state index contributed by atoms with van der Waals surface area (Å²) in [5.74, 6) is 1.21. The lowest BCUT2D eigenvalue weighted by molar-refractivity contribution is 0.341. The highest BCUT2D eigenvalue weighted by molar-refractivity contribution is 5.56. The maximum absolute atomic E-state index is 9.03. The van der Waals surface area contributed by atoms with Crippen LogP contribution in [0.3, 0.4) is 0 Å². The maximum Gasteiger partial charge on any atom is 0.142 e. The molecule has 3 nitrogen and oxygen atoms in total. The Balaban J connectivity index is 2.65. The van der Waals surface area contributed by atoms with Crippen molar-refractivity contribution in [2.24, 2.45) is 11.8 Å². The fraction of sp³-hybridized carbons (Fsp3) is 0.500. The van der Waals surface area contributed by atoms with Gasteiger partial charge in [0, 0.05) is 6.54 Å². The number of anilines is 1. The lowest BCUT2D eigenvalue weighted by Gasteiger charge is -2.16. The maximum atomic E-state index is 9.03. The summed E-state index contributed by atoms with van der Waals surface area (Å²) in [5, 5.41) is 12.3. The molecule has 92 valence electrons. The van der Waals surface area contributed by atoms with Gasteiger partial charge in [0.15, 0.2) is 0 Å². The number of rotatable bonds is 6. The predicted molar refractivity (Wildman–Crippen MR) is 70.0 cm³/mol. The fourth-order valence-electron chi connectivity index (χ4n) is 1.54. The third-order valence-electron chi connectivity index (χ3n) is 2.67. The van der Waals surface area contributed by atoms with E-state index in [0.29, 0.717) is 19.1 Å². The second-order valence-corrected chi connectivity index (χ2v) is 4.29. The molecule has 1 unspecified atom stereocenters. The SMILES string of the molecule is CCOc1ccccc1NCC(C#N)C(C)C. The van der Waals surface area contributed by atoms with Gasteiger partial charge in [-0.15, -0.1) is 0 Å². The van der Waals surface area contributed by atoms with Crippen molar-refractivity contribution >= 4 is 5.69 Å². The van der Waals surface area contributed by atoms with E-state index in [1.165, 1.54) is 0 Å². The number of hydrogen-bond donors (Lipinski definition) is 1. The minimum atomic E-state index is 0.0182. The lowest BCUT2D eigenvalue weighted by atomic mass is 9.97. The standard InChI is InChI=1S/C14H20N2O/c1-4-17-14-8-6-5-7-13(14)16-10-12(9-15)11(2)3/h5-8,11-12,16H,4,10H2,1-3H3. The predicted octanol–water partition coefficient (Wildman–Crippen LogP) is 3.29. The molecule has 0 aromatic heterocycles. The Bertz CT molecular complexity index is 382. The zero-order valence-electron chi connectivity index (χ0n) is 10.7. The monoisotopic (exact) mass is 232 g/mol. The van der Waals surface area contributed by atoms with E-state index in [2.05, 4.69) is 25.2 Å². The average molecular weight is 232 g/mol. The first-order chi connectivity index (χ1) is 8.19. The van der Waals surface area contributed by atoms with Gasteiger partial charge >= 0.3 is 0 Å². The van der Waals surface area contributed by atoms with Gasteiger partial charge in [0.05, 0.1) is 24.3 Å². The zero-order valence-corrected chi connectivity index (χ0v) is 10.7. The van der Waals surface area contributed by atoms with Crippen LogP contribution >= 0.6 is 0 Å². The fourth-order valence-corrected chi connectivity index (χ4v) is 1.54. The van der Waals surface area contributed by atoms with Crippen molar-refractivity contribution in [3.8, 4) is 11.8 Å². The van der Waals surface area contributed by atoms with Gasteiger partial charge in [-0.2, -0.15) is 5.26 Å². The molecule has 1 atom stereocenters. The van der Waals surface area contributed by atoms with Gasteiger partial charge in [-0.1, -0.05) is 26.0 Å². The van der Waals surface area contributed by atoms with Crippen LogP contribution in [0.25, 0.3) is 0 Å². The van der Waals surface area contributed by atoms with Crippen LogP contribution in [-0.2, 0) is 0 Å². The summed E-state index contributed by atoms with van der Waals surface area (Å²) >= 11 is 0. The van der Waals surface area contributed by atoms with E-state index in [9.17, 15) is 0 Å². The summed E-state index contributed by atoms with van der Waals surface area (Å²) in [6.07, 6.45) is 0. The van der Waals surface area contributed by atoms with E-state index in [-0.39, 0.29) is 5.92 Å². The molecule has 0 bridgehead atoms. The molecular formula is C14H20N2O. The van der Waals surface area contributed by atoms with Crippen molar-refractivity contribution in [1.29, 1.82) is 5.26 Å². The van der Waals surface area contributed by atoms with Crippen molar-refractivity contribution in [2.75, 3.05) is 18.5 Å². The van der Waals surface area contributed by atoms with Crippen LogP contribution in [-0.4, -0.2) is 13.2 Å². The highest BCUT2D eigenvalue weighted by Gasteiger charge is 2.12. The summed E-state index contributed by atoms with van der Waals surface area (Å²) < 4.78 is 5.52. The summed E-state index contributed by atoms with van der Waals surface area (Å²) in [6, 6.07) is 10.1. The first-order valence-electron chi connectivity index (χ1n) is 6.04. The Kier molecular flexibility index (Phi) is 5.35. The van der Waals surface area contributed by atoms with E-state index in [0.717, 1.165) is 11.4 Å². The Morgan fingerprint density at radius 3 is 2.65 bits per heavy atom. The Morgan fingerprint density at radius 1 is 1.35 bits per heavy atom. The summed E-state index contributed by atoms with van der Waals surface area (Å²) in [6.45, 7) is 7.37. The molecule has 0 spiro atoms. The van der Waals surface area contributed by atoms with Gasteiger partial charge in [0.1, 0.15) is 5.75 Å². The summed E-state index contributed by atoms with van der Waals surface area (Å²) in [4.78, 5) is 0. The molecule has 1 aromatic rings. The summed E-state index contributed by atoms with van der Waals surface area (Å²) in [7, 11) is 0. The largest absolute Gasteiger partial charge is 0.492 e. The first-order valence-corrected chi connectivity index (χ1v) is 6.04. The molecule has 1 rings (SSSR count). The molecule has 1 N–H and O–H groups in total. The molecule has 0 aliphatic rings. The highest BCUT2D eigenvalue weighted by Crippen LogP contribution is 2.24. The van der Waals surface area contributed by atoms with Crippen molar-refractivity contribution in [3.63, 3.8) is 0 Å². The molecule has 1 aromatic carbocycles. The number of ether oxygens (including phenoxy) is 1. The summed E-state index contributed by atoms with van der Waals surface area (Å²) in [5.41, 5.74) is 0.954. The molecule has 17 heavy (non-hydrogen) atoms. The molecule has 3 heteroatoms. The van der Waals surface area contributed by atoms with E-state index in [4.69, 9.17) is 10.00 Å². The van der Waals surface area contributed by atoms with Gasteiger partial charge in [0.25, 0.3) is 0 Å². The van der Waals surface area contributed by atoms with E-state index >= 15 is 0 Å². The van der Waals surface area contributed by atoms with Gasteiger partial charge in [-0.25, -0.2) is 0 Å². The minimum Gasteiger partial charge on any atom is -0.492 e. The number of nitrogens with one attached hydrogen (secondary N) is 1. The Morgan fingerprint density at radius 2 is 2.06 bits per heavy atom. The highest BCUT2D eigenvalue weighted by atomic mass is 16.5. The van der Waals surface area contributed by atoms with Crippen molar-refractivity contribution in [2.45, 2.75) is 20.8 Å². The number of nitriles is 1. The molecule has 0 amide bonds. The minimum absolute atomic E-state index is 0.0182. The van der Waals surface area contributed by atoms with Gasteiger partial charge in [-0.3, -0.25) is 0 Å². The number of para-hydroxylation sites is 2. The normalized spacial score (nSPS) is 11.9. The molecule has 0 radical (unpaired) electrons. The van der Waals surface area contributed by atoms with Crippen molar-refractivity contribution in [1.82, 2.24) is 0 Å². The molecule has 0 heterocycles. The Hall–Kier alpha value is -1.69. The van der Waals surface area contributed by atoms with E-state index in [1.807, 2.05) is 31.2 Å². The van der Waals surface area contributed by atoms with E-state index < -0.39 is 0 Å². The number of hydrogen-bond acceptors (Lipinski definition) is 3. The van der Waals surface area contributed by atoms with Gasteiger partial charge < -0.3 is 10.1 Å². The number of nitrogens with zero attached hydrogens (tertiary/aromatic N) is 1. The third kappa shape index (κ3) is 3.99. The van der Waals surface area contributed by atoms with Crippen LogP contribution in [0.1, 0.15) is 20.8 Å². The quantitative estimate of drug-likeness (QED) is 0.818. The first kappa shape index (κ1) is 13.4. The third-order valence-corrected chi connectivity index (χ3v) is 2.67. The van der Waals surface area contributed by atoms with Gasteiger partial charge in [-0.05, 0) is 25.0 Å². The van der Waals surface area contributed by atoms with Gasteiger partial charge in [0.2, 0.25) is 0 Å². The molecular weight excluding hydrogens is 212 g/mol. The average Bonchev–Trinajstić information content (AvgIpc) is 2.32. The number of benzene rings is 1. The van der Waals surface area contributed by atoms with Crippen molar-refractivity contribution < 1.29 is 4.74 Å². The van der Waals surface area contributed by atoms with Crippen LogP contribution in [0.5, 0.6) is 5.75 Å². The molecule has 0 saturated heterocycles. The molecule has 0 fully saturated rings. The molecule has 0 saturated carbocycles. The van der Waals surface area contributed by atoms with Crippen molar-refractivity contribution in [3.05, 3.63) is 24.3 Å². The topological polar surface area (TPSA) is 45.0 Å².